The molecule has 17 heavy (non-hydrogen) atoms. The standard InChI is InChI=1S/C13H11F3O/c1-2-8-6-10(17)7-9-4-3-5-11(12(8)9)13(14,15)16/h3-7,17H,2H2,1H3. The van der Waals surface area contributed by atoms with E-state index in [2.05, 4.69) is 0 Å². The smallest absolute Gasteiger partial charge is 0.417 e. The number of aryl methyl sites for hydroxylation is 1. The highest BCUT2D eigenvalue weighted by Crippen LogP contribution is 2.37. The topological polar surface area (TPSA) is 20.2 Å². The lowest BCUT2D eigenvalue weighted by Crippen LogP contribution is -2.06. The van der Waals surface area contributed by atoms with Crippen LogP contribution < -0.4 is 0 Å². The van der Waals surface area contributed by atoms with Crippen LogP contribution in [-0.2, 0) is 12.6 Å². The maximum absolute atomic E-state index is 12.9. The third-order valence-corrected chi connectivity index (χ3v) is 2.73. The first-order valence-corrected chi connectivity index (χ1v) is 5.25. The first-order chi connectivity index (χ1) is 7.93. The Morgan fingerprint density at radius 2 is 1.88 bits per heavy atom. The molecule has 1 nitrogen and oxygen atoms in total. The molecule has 0 saturated heterocycles. The molecule has 0 radical (unpaired) electrons. The van der Waals surface area contributed by atoms with E-state index in [9.17, 15) is 18.3 Å². The van der Waals surface area contributed by atoms with E-state index < -0.39 is 11.7 Å². The number of hydrogen-bond acceptors (Lipinski definition) is 1. The van der Waals surface area contributed by atoms with Crippen molar-refractivity contribution < 1.29 is 18.3 Å². The van der Waals surface area contributed by atoms with Crippen molar-refractivity contribution in [2.75, 3.05) is 0 Å². The molecule has 0 saturated carbocycles. The van der Waals surface area contributed by atoms with E-state index in [4.69, 9.17) is 0 Å². The van der Waals surface area contributed by atoms with Gasteiger partial charge in [-0.1, -0.05) is 19.1 Å². The minimum Gasteiger partial charge on any atom is -0.508 e. The van der Waals surface area contributed by atoms with E-state index in [0.717, 1.165) is 6.07 Å². The number of hydrogen-bond donors (Lipinski definition) is 1. The lowest BCUT2D eigenvalue weighted by atomic mass is 9.97. The fourth-order valence-electron chi connectivity index (χ4n) is 2.02. The second kappa shape index (κ2) is 3.95. The maximum atomic E-state index is 12.9. The van der Waals surface area contributed by atoms with Crippen molar-refractivity contribution in [3.05, 3.63) is 41.5 Å². The Kier molecular flexibility index (Phi) is 2.73. The van der Waals surface area contributed by atoms with Gasteiger partial charge in [0.05, 0.1) is 5.56 Å². The summed E-state index contributed by atoms with van der Waals surface area (Å²) < 4.78 is 38.6. The number of phenols is 1. The van der Waals surface area contributed by atoms with Crippen LogP contribution in [0.15, 0.2) is 30.3 Å². The zero-order valence-electron chi connectivity index (χ0n) is 9.17. The molecule has 1 N–H and O–H groups in total. The molecule has 0 aliphatic carbocycles. The van der Waals surface area contributed by atoms with Crippen LogP contribution in [0.5, 0.6) is 5.75 Å². The number of fused-ring (bicyclic) bond motifs is 1. The summed E-state index contributed by atoms with van der Waals surface area (Å²) in [5, 5.41) is 10.0. The lowest BCUT2D eigenvalue weighted by Gasteiger charge is -2.13. The van der Waals surface area contributed by atoms with Gasteiger partial charge in [0.15, 0.2) is 0 Å². The molecule has 0 unspecified atom stereocenters. The second-order valence-corrected chi connectivity index (χ2v) is 3.86. The van der Waals surface area contributed by atoms with Crippen molar-refractivity contribution in [2.45, 2.75) is 19.5 Å². The Morgan fingerprint density at radius 3 is 2.47 bits per heavy atom. The summed E-state index contributed by atoms with van der Waals surface area (Å²) in [7, 11) is 0. The van der Waals surface area contributed by atoms with E-state index in [0.29, 0.717) is 17.4 Å². The molecule has 0 spiro atoms. The first-order valence-electron chi connectivity index (χ1n) is 5.25. The normalized spacial score (nSPS) is 12.0. The Labute approximate surface area is 96.5 Å². The van der Waals surface area contributed by atoms with Gasteiger partial charge >= 0.3 is 6.18 Å². The fraction of sp³-hybridized carbons (Fsp3) is 0.231. The summed E-state index contributed by atoms with van der Waals surface area (Å²) in [5.74, 6) is -0.00586. The summed E-state index contributed by atoms with van der Waals surface area (Å²) in [6.07, 6.45) is -3.93. The molecular weight excluding hydrogens is 229 g/mol. The number of rotatable bonds is 1. The Bertz CT molecular complexity index is 558. The number of benzene rings is 2. The third-order valence-electron chi connectivity index (χ3n) is 2.73. The SMILES string of the molecule is CCc1cc(O)cc2cccc(C(F)(F)F)c12. The average Bonchev–Trinajstić information content (AvgIpc) is 2.25. The van der Waals surface area contributed by atoms with Crippen LogP contribution in [0, 0.1) is 0 Å². The molecular formula is C13H11F3O. The van der Waals surface area contributed by atoms with Gasteiger partial charge in [0.2, 0.25) is 0 Å². The predicted octanol–water partition coefficient (Wildman–Crippen LogP) is 4.13. The van der Waals surface area contributed by atoms with E-state index in [1.165, 1.54) is 18.2 Å². The van der Waals surface area contributed by atoms with Crippen molar-refractivity contribution in [3.63, 3.8) is 0 Å². The summed E-state index contributed by atoms with van der Waals surface area (Å²) >= 11 is 0. The van der Waals surface area contributed by atoms with Crippen LogP contribution in [0.1, 0.15) is 18.1 Å². The van der Waals surface area contributed by atoms with Crippen LogP contribution >= 0.6 is 0 Å². The number of aromatic hydroxyl groups is 1. The molecule has 0 atom stereocenters. The highest BCUT2D eigenvalue weighted by atomic mass is 19.4. The number of halogens is 3. The van der Waals surface area contributed by atoms with Gasteiger partial charge in [-0.3, -0.25) is 0 Å². The average molecular weight is 240 g/mol. The van der Waals surface area contributed by atoms with Gasteiger partial charge in [-0.15, -0.1) is 0 Å². The predicted molar refractivity (Wildman–Crippen MR) is 60.0 cm³/mol. The third kappa shape index (κ3) is 2.07. The van der Waals surface area contributed by atoms with E-state index in [1.807, 2.05) is 0 Å². The lowest BCUT2D eigenvalue weighted by molar-refractivity contribution is -0.136. The van der Waals surface area contributed by atoms with Gasteiger partial charge in [-0.2, -0.15) is 13.2 Å². The largest absolute Gasteiger partial charge is 0.508 e. The van der Waals surface area contributed by atoms with E-state index >= 15 is 0 Å². The van der Waals surface area contributed by atoms with Crippen LogP contribution in [0.25, 0.3) is 10.8 Å². The van der Waals surface area contributed by atoms with Crippen molar-refractivity contribution in [2.24, 2.45) is 0 Å². The summed E-state index contributed by atoms with van der Waals surface area (Å²) in [6.45, 7) is 1.77. The Hall–Kier alpha value is -1.71. The van der Waals surface area contributed by atoms with Gasteiger partial charge in [-0.25, -0.2) is 0 Å². The van der Waals surface area contributed by atoms with Crippen molar-refractivity contribution in [1.29, 1.82) is 0 Å². The van der Waals surface area contributed by atoms with Crippen LogP contribution in [-0.4, -0.2) is 5.11 Å². The molecule has 0 aromatic heterocycles. The van der Waals surface area contributed by atoms with Crippen LogP contribution in [0.3, 0.4) is 0 Å². The van der Waals surface area contributed by atoms with Gasteiger partial charge in [0.25, 0.3) is 0 Å². The van der Waals surface area contributed by atoms with Crippen LogP contribution in [0.4, 0.5) is 13.2 Å². The van der Waals surface area contributed by atoms with Gasteiger partial charge in [0.1, 0.15) is 5.75 Å². The number of alkyl halides is 3. The van der Waals surface area contributed by atoms with Crippen LogP contribution in [0.2, 0.25) is 0 Å². The molecule has 0 heterocycles. The molecule has 0 amide bonds. The molecule has 0 aliphatic rings. The minimum absolute atomic E-state index is 0.00586. The second-order valence-electron chi connectivity index (χ2n) is 3.86. The van der Waals surface area contributed by atoms with Crippen molar-refractivity contribution in [3.8, 4) is 5.75 Å². The number of phenolic OH excluding ortho intramolecular Hbond substituents is 1. The molecule has 4 heteroatoms. The monoisotopic (exact) mass is 240 g/mol. The molecule has 2 rings (SSSR count). The molecule has 0 fully saturated rings. The van der Waals surface area contributed by atoms with Gasteiger partial charge < -0.3 is 5.11 Å². The first kappa shape index (κ1) is 11.8. The zero-order chi connectivity index (χ0) is 12.6. The molecule has 0 bridgehead atoms. The highest BCUT2D eigenvalue weighted by Gasteiger charge is 2.33. The Morgan fingerprint density at radius 1 is 1.18 bits per heavy atom. The molecule has 2 aromatic carbocycles. The highest BCUT2D eigenvalue weighted by molar-refractivity contribution is 5.90. The van der Waals surface area contributed by atoms with Crippen molar-refractivity contribution in [1.82, 2.24) is 0 Å². The maximum Gasteiger partial charge on any atom is 0.417 e. The van der Waals surface area contributed by atoms with E-state index in [1.54, 1.807) is 13.0 Å². The van der Waals surface area contributed by atoms with E-state index in [-0.39, 0.29) is 11.1 Å². The quantitative estimate of drug-likeness (QED) is 0.794. The Balaban J connectivity index is 2.87. The molecule has 90 valence electrons. The molecule has 2 aromatic rings. The van der Waals surface area contributed by atoms with Gasteiger partial charge in [0, 0.05) is 0 Å². The fourth-order valence-corrected chi connectivity index (χ4v) is 2.02. The van der Waals surface area contributed by atoms with Crippen molar-refractivity contribution >= 4 is 10.8 Å². The van der Waals surface area contributed by atoms with Gasteiger partial charge in [-0.05, 0) is 41.0 Å². The summed E-state index contributed by atoms with van der Waals surface area (Å²) in [5.41, 5.74) is -0.139. The summed E-state index contributed by atoms with van der Waals surface area (Å²) in [4.78, 5) is 0. The zero-order valence-corrected chi connectivity index (χ0v) is 9.17. The minimum atomic E-state index is -4.37. The summed E-state index contributed by atoms with van der Waals surface area (Å²) in [6, 6.07) is 6.73. The molecule has 0 aliphatic heterocycles.